The highest BCUT2D eigenvalue weighted by molar-refractivity contribution is 6.01. The van der Waals surface area contributed by atoms with Crippen LogP contribution in [0.3, 0.4) is 0 Å². The van der Waals surface area contributed by atoms with Crippen molar-refractivity contribution >= 4 is 11.9 Å². The van der Waals surface area contributed by atoms with Crippen molar-refractivity contribution in [2.75, 3.05) is 27.2 Å². The zero-order chi connectivity index (χ0) is 18.9. The number of carbonyl (C=O) groups excluding carboxylic acids is 1. The summed E-state index contributed by atoms with van der Waals surface area (Å²) in [7, 11) is 3.89. The Kier molecular flexibility index (Phi) is 4.88. The van der Waals surface area contributed by atoms with Crippen molar-refractivity contribution in [1.82, 2.24) is 4.90 Å². The second-order valence-corrected chi connectivity index (χ2v) is 7.98. The molecule has 4 rings (SSSR count). The van der Waals surface area contributed by atoms with Crippen LogP contribution < -0.4 is 4.74 Å². The van der Waals surface area contributed by atoms with Crippen molar-refractivity contribution in [1.29, 1.82) is 0 Å². The van der Waals surface area contributed by atoms with E-state index in [0.717, 1.165) is 42.8 Å². The summed E-state index contributed by atoms with van der Waals surface area (Å²) < 4.78 is 5.46. The minimum atomic E-state index is -0.0772. The third-order valence-corrected chi connectivity index (χ3v) is 6.34. The lowest BCUT2D eigenvalue weighted by molar-refractivity contribution is -0.120. The number of nitrogens with zero attached hydrogens (tertiary/aromatic N) is 1. The number of methoxy groups -OCH3 is 1. The molecule has 1 heterocycles. The normalized spacial score (nSPS) is 27.4. The molecule has 2 unspecified atom stereocenters. The molecule has 1 aliphatic carbocycles. The van der Waals surface area contributed by atoms with Crippen molar-refractivity contribution in [2.24, 2.45) is 5.92 Å². The van der Waals surface area contributed by atoms with Gasteiger partial charge in [-0.1, -0.05) is 42.5 Å². The summed E-state index contributed by atoms with van der Waals surface area (Å²) in [6, 6.07) is 18.5. The van der Waals surface area contributed by atoms with E-state index in [0.29, 0.717) is 18.1 Å². The van der Waals surface area contributed by atoms with Crippen molar-refractivity contribution in [3.05, 3.63) is 71.3 Å². The maximum atomic E-state index is 13.2. The van der Waals surface area contributed by atoms with E-state index in [1.165, 1.54) is 5.56 Å². The maximum Gasteiger partial charge on any atom is 0.159 e. The van der Waals surface area contributed by atoms with Crippen molar-refractivity contribution in [3.8, 4) is 5.75 Å². The maximum absolute atomic E-state index is 13.2. The third-order valence-electron chi connectivity index (χ3n) is 6.34. The number of ether oxygens (including phenoxy) is 1. The fourth-order valence-corrected chi connectivity index (χ4v) is 4.81. The minimum absolute atomic E-state index is 0.0772. The lowest BCUT2D eigenvalue weighted by atomic mass is 9.58. The summed E-state index contributed by atoms with van der Waals surface area (Å²) >= 11 is 0. The number of likely N-dealkylation sites (tertiary alicyclic amines) is 1. The molecule has 27 heavy (non-hydrogen) atoms. The number of carbonyl (C=O) groups is 1. The quantitative estimate of drug-likeness (QED) is 0.762. The number of hydrogen-bond acceptors (Lipinski definition) is 3. The smallest absolute Gasteiger partial charge is 0.159 e. The summed E-state index contributed by atoms with van der Waals surface area (Å²) in [5, 5.41) is 0. The Morgan fingerprint density at radius 3 is 2.74 bits per heavy atom. The molecule has 0 spiro atoms. The molecule has 1 saturated heterocycles. The Labute approximate surface area is 161 Å². The number of hydrogen-bond donors (Lipinski definition) is 0. The standard InChI is InChI=1S/C24H27NO2/c1-25-12-11-24(20-9-6-10-22(15-20)27-2)16-23(26)19(14-21(24)17-25)13-18-7-4-3-5-8-18/h3-10,13,15,21H,11-12,14,16-17H2,1-2H3/b19-13-. The van der Waals surface area contributed by atoms with E-state index in [1.807, 2.05) is 24.3 Å². The van der Waals surface area contributed by atoms with Gasteiger partial charge in [0.25, 0.3) is 0 Å². The van der Waals surface area contributed by atoms with Crippen LogP contribution in [0.5, 0.6) is 5.75 Å². The minimum Gasteiger partial charge on any atom is -0.497 e. The zero-order valence-electron chi connectivity index (χ0n) is 16.2. The van der Waals surface area contributed by atoms with E-state index in [2.05, 4.69) is 48.4 Å². The molecular weight excluding hydrogens is 334 g/mol. The van der Waals surface area contributed by atoms with Gasteiger partial charge in [0.1, 0.15) is 5.75 Å². The van der Waals surface area contributed by atoms with Gasteiger partial charge >= 0.3 is 0 Å². The lowest BCUT2D eigenvalue weighted by Crippen LogP contribution is -2.52. The van der Waals surface area contributed by atoms with Gasteiger partial charge in [-0.2, -0.15) is 0 Å². The molecule has 0 radical (unpaired) electrons. The number of ketones is 1. The van der Waals surface area contributed by atoms with Gasteiger partial charge < -0.3 is 9.64 Å². The highest BCUT2D eigenvalue weighted by Crippen LogP contribution is 2.49. The Morgan fingerprint density at radius 1 is 1.15 bits per heavy atom. The van der Waals surface area contributed by atoms with Gasteiger partial charge in [-0.15, -0.1) is 0 Å². The van der Waals surface area contributed by atoms with Crippen LogP contribution in [0.2, 0.25) is 0 Å². The molecule has 3 nitrogen and oxygen atoms in total. The Bertz CT molecular complexity index is 858. The Morgan fingerprint density at radius 2 is 1.96 bits per heavy atom. The Balaban J connectivity index is 1.72. The summed E-state index contributed by atoms with van der Waals surface area (Å²) in [4.78, 5) is 15.6. The van der Waals surface area contributed by atoms with Gasteiger partial charge in [0, 0.05) is 18.4 Å². The molecule has 140 valence electrons. The van der Waals surface area contributed by atoms with Crippen LogP contribution in [-0.2, 0) is 10.2 Å². The van der Waals surface area contributed by atoms with Gasteiger partial charge in [-0.3, -0.25) is 4.79 Å². The van der Waals surface area contributed by atoms with Gasteiger partial charge in [0.15, 0.2) is 5.78 Å². The molecule has 0 N–H and O–H groups in total. The van der Waals surface area contributed by atoms with Crippen LogP contribution in [0.15, 0.2) is 60.2 Å². The van der Waals surface area contributed by atoms with Crippen LogP contribution in [0.1, 0.15) is 30.4 Å². The molecule has 2 aliphatic rings. The monoisotopic (exact) mass is 361 g/mol. The van der Waals surface area contributed by atoms with E-state index in [9.17, 15) is 4.79 Å². The number of rotatable bonds is 3. The molecule has 1 aliphatic heterocycles. The molecule has 0 aromatic heterocycles. The largest absolute Gasteiger partial charge is 0.497 e. The fourth-order valence-electron chi connectivity index (χ4n) is 4.81. The second-order valence-electron chi connectivity index (χ2n) is 7.98. The average Bonchev–Trinajstić information content (AvgIpc) is 2.70. The van der Waals surface area contributed by atoms with E-state index in [-0.39, 0.29) is 5.41 Å². The van der Waals surface area contributed by atoms with Crippen molar-refractivity contribution in [3.63, 3.8) is 0 Å². The summed E-state index contributed by atoms with van der Waals surface area (Å²) in [5.41, 5.74) is 3.26. The molecule has 1 saturated carbocycles. The number of fused-ring (bicyclic) bond motifs is 1. The molecule has 2 aromatic rings. The zero-order valence-corrected chi connectivity index (χ0v) is 16.2. The van der Waals surface area contributed by atoms with Gasteiger partial charge in [-0.05, 0) is 67.3 Å². The number of allylic oxidation sites excluding steroid dienone is 1. The molecule has 2 aromatic carbocycles. The van der Waals surface area contributed by atoms with E-state index >= 15 is 0 Å². The number of Topliss-reactive ketones (excluding diaryl/α,β-unsaturated/α-hetero) is 1. The predicted octanol–water partition coefficient (Wildman–Crippen LogP) is 4.33. The molecule has 2 atom stereocenters. The topological polar surface area (TPSA) is 29.5 Å². The number of piperidine rings is 1. The summed E-state index contributed by atoms with van der Waals surface area (Å²) in [6.45, 7) is 2.05. The predicted molar refractivity (Wildman–Crippen MR) is 109 cm³/mol. The molecular formula is C24H27NO2. The van der Waals surface area contributed by atoms with Crippen LogP contribution in [0.25, 0.3) is 6.08 Å². The van der Waals surface area contributed by atoms with Crippen LogP contribution in [-0.4, -0.2) is 37.9 Å². The van der Waals surface area contributed by atoms with Crippen LogP contribution >= 0.6 is 0 Å². The SMILES string of the molecule is COc1cccc(C23CCN(C)CC2C/C(=C/c2ccccc2)C(=O)C3)c1. The van der Waals surface area contributed by atoms with E-state index in [4.69, 9.17) is 4.74 Å². The summed E-state index contributed by atoms with van der Waals surface area (Å²) in [5.74, 6) is 1.61. The van der Waals surface area contributed by atoms with E-state index in [1.54, 1.807) is 7.11 Å². The molecule has 0 amide bonds. The average molecular weight is 361 g/mol. The Hall–Kier alpha value is -2.39. The third kappa shape index (κ3) is 3.44. The van der Waals surface area contributed by atoms with Gasteiger partial charge in [-0.25, -0.2) is 0 Å². The van der Waals surface area contributed by atoms with Gasteiger partial charge in [0.05, 0.1) is 7.11 Å². The van der Waals surface area contributed by atoms with Crippen LogP contribution in [0.4, 0.5) is 0 Å². The van der Waals surface area contributed by atoms with Crippen LogP contribution in [0, 0.1) is 5.92 Å². The second kappa shape index (κ2) is 7.32. The first-order valence-electron chi connectivity index (χ1n) is 9.72. The van der Waals surface area contributed by atoms with Gasteiger partial charge in [0.2, 0.25) is 0 Å². The lowest BCUT2D eigenvalue weighted by Gasteiger charge is -2.50. The highest BCUT2D eigenvalue weighted by atomic mass is 16.5. The molecule has 2 fully saturated rings. The first-order valence-corrected chi connectivity index (χ1v) is 9.72. The first kappa shape index (κ1) is 18.0. The molecule has 0 bridgehead atoms. The summed E-state index contributed by atoms with van der Waals surface area (Å²) in [6.07, 6.45) is 4.55. The highest BCUT2D eigenvalue weighted by Gasteiger charge is 2.48. The molecule has 3 heteroatoms. The van der Waals surface area contributed by atoms with Crippen molar-refractivity contribution in [2.45, 2.75) is 24.7 Å². The van der Waals surface area contributed by atoms with E-state index < -0.39 is 0 Å². The van der Waals surface area contributed by atoms with Crippen molar-refractivity contribution < 1.29 is 9.53 Å². The first-order chi connectivity index (χ1) is 13.1. The number of benzene rings is 2. The fraction of sp³-hybridized carbons (Fsp3) is 0.375.